The third kappa shape index (κ3) is 2.71. The average Bonchev–Trinajstić information content (AvgIpc) is 2.47. The molecule has 2 aromatic rings. The summed E-state index contributed by atoms with van der Waals surface area (Å²) in [6.45, 7) is 0. The SMILES string of the molecule is NC1=CC(N)=N[C@@H](c2ccccc2)N1c1cccc(Cl)c1. The second kappa shape index (κ2) is 5.50. The number of anilines is 1. The fourth-order valence-electron chi connectivity index (χ4n) is 2.36. The summed E-state index contributed by atoms with van der Waals surface area (Å²) in [6, 6.07) is 17.4. The number of amidine groups is 1. The van der Waals surface area contributed by atoms with E-state index in [1.54, 1.807) is 6.08 Å². The molecule has 1 heterocycles. The van der Waals surface area contributed by atoms with E-state index < -0.39 is 0 Å². The highest BCUT2D eigenvalue weighted by atomic mass is 35.5. The highest BCUT2D eigenvalue weighted by Crippen LogP contribution is 2.33. The van der Waals surface area contributed by atoms with Crippen LogP contribution in [0.1, 0.15) is 11.7 Å². The van der Waals surface area contributed by atoms with Crippen molar-refractivity contribution in [1.82, 2.24) is 0 Å². The maximum atomic E-state index is 6.16. The standard InChI is InChI=1S/C16H15ClN4/c17-12-7-4-8-13(9-12)21-15(19)10-14(18)20-16(21)11-5-2-1-3-6-11/h1-10,16H,19H2,(H2,18,20)/t16-/m1/s1. The minimum Gasteiger partial charge on any atom is -0.385 e. The predicted molar refractivity (Wildman–Crippen MR) is 87.0 cm³/mol. The Kier molecular flexibility index (Phi) is 3.54. The highest BCUT2D eigenvalue weighted by Gasteiger charge is 2.25. The summed E-state index contributed by atoms with van der Waals surface area (Å²) < 4.78 is 0. The van der Waals surface area contributed by atoms with Crippen LogP contribution in [-0.4, -0.2) is 5.84 Å². The van der Waals surface area contributed by atoms with Crippen LogP contribution in [0, 0.1) is 0 Å². The monoisotopic (exact) mass is 298 g/mol. The molecular weight excluding hydrogens is 284 g/mol. The van der Waals surface area contributed by atoms with Gasteiger partial charge in [0.15, 0.2) is 6.17 Å². The Morgan fingerprint density at radius 2 is 1.76 bits per heavy atom. The summed E-state index contributed by atoms with van der Waals surface area (Å²) in [5, 5.41) is 0.648. The lowest BCUT2D eigenvalue weighted by Crippen LogP contribution is -2.36. The van der Waals surface area contributed by atoms with E-state index in [2.05, 4.69) is 4.99 Å². The lowest BCUT2D eigenvalue weighted by molar-refractivity contribution is 0.693. The van der Waals surface area contributed by atoms with Crippen molar-refractivity contribution in [3.05, 3.63) is 77.1 Å². The molecule has 106 valence electrons. The van der Waals surface area contributed by atoms with E-state index in [0.29, 0.717) is 16.7 Å². The molecule has 0 saturated heterocycles. The van der Waals surface area contributed by atoms with Gasteiger partial charge in [0.05, 0.1) is 0 Å². The van der Waals surface area contributed by atoms with Gasteiger partial charge in [0.1, 0.15) is 11.7 Å². The Bertz CT molecular complexity index is 709. The van der Waals surface area contributed by atoms with Crippen LogP contribution in [0.25, 0.3) is 0 Å². The highest BCUT2D eigenvalue weighted by molar-refractivity contribution is 6.30. The fourth-order valence-corrected chi connectivity index (χ4v) is 2.55. The molecule has 1 aliphatic rings. The second-order valence-electron chi connectivity index (χ2n) is 4.76. The largest absolute Gasteiger partial charge is 0.385 e. The molecule has 4 N–H and O–H groups in total. The second-order valence-corrected chi connectivity index (χ2v) is 5.19. The van der Waals surface area contributed by atoms with Gasteiger partial charge in [-0.25, -0.2) is 4.99 Å². The van der Waals surface area contributed by atoms with Gasteiger partial charge in [0.2, 0.25) is 0 Å². The number of rotatable bonds is 2. The number of nitrogens with two attached hydrogens (primary N) is 2. The lowest BCUT2D eigenvalue weighted by Gasteiger charge is -2.34. The predicted octanol–water partition coefficient (Wildman–Crippen LogP) is 3.02. The molecular formula is C16H15ClN4. The Hall–Kier alpha value is -2.46. The van der Waals surface area contributed by atoms with Crippen LogP contribution < -0.4 is 16.4 Å². The molecule has 0 amide bonds. The first kappa shape index (κ1) is 13.5. The van der Waals surface area contributed by atoms with Gasteiger partial charge in [-0.2, -0.15) is 0 Å². The molecule has 3 rings (SSSR count). The van der Waals surface area contributed by atoms with Crippen molar-refractivity contribution in [1.29, 1.82) is 0 Å². The minimum absolute atomic E-state index is 0.297. The van der Waals surface area contributed by atoms with Crippen molar-refractivity contribution in [2.24, 2.45) is 16.5 Å². The van der Waals surface area contributed by atoms with Crippen molar-refractivity contribution < 1.29 is 0 Å². The van der Waals surface area contributed by atoms with Gasteiger partial charge in [-0.15, -0.1) is 0 Å². The van der Waals surface area contributed by atoms with Crippen molar-refractivity contribution in [2.45, 2.75) is 6.17 Å². The van der Waals surface area contributed by atoms with Gasteiger partial charge in [0, 0.05) is 16.8 Å². The molecule has 0 unspecified atom stereocenters. The summed E-state index contributed by atoms with van der Waals surface area (Å²) >= 11 is 6.09. The summed E-state index contributed by atoms with van der Waals surface area (Å²) in [7, 11) is 0. The van der Waals surface area contributed by atoms with Crippen LogP contribution in [0.15, 0.2) is 71.5 Å². The molecule has 0 spiro atoms. The van der Waals surface area contributed by atoms with Gasteiger partial charge in [0.25, 0.3) is 0 Å². The normalized spacial score (nSPS) is 18.1. The van der Waals surface area contributed by atoms with Crippen LogP contribution in [0.5, 0.6) is 0 Å². The number of benzene rings is 2. The first-order valence-corrected chi connectivity index (χ1v) is 6.93. The van der Waals surface area contributed by atoms with Gasteiger partial charge in [-0.05, 0) is 23.8 Å². The molecule has 4 nitrogen and oxygen atoms in total. The maximum absolute atomic E-state index is 6.16. The molecule has 0 aromatic heterocycles. The first-order valence-electron chi connectivity index (χ1n) is 6.55. The average molecular weight is 299 g/mol. The molecule has 0 bridgehead atoms. The fraction of sp³-hybridized carbons (Fsp3) is 0.0625. The molecule has 1 atom stereocenters. The quantitative estimate of drug-likeness (QED) is 0.895. The first-order chi connectivity index (χ1) is 10.1. The van der Waals surface area contributed by atoms with Crippen molar-refractivity contribution in [3.63, 3.8) is 0 Å². The summed E-state index contributed by atoms with van der Waals surface area (Å²) in [4.78, 5) is 6.43. The van der Waals surface area contributed by atoms with E-state index in [1.807, 2.05) is 59.5 Å². The summed E-state index contributed by atoms with van der Waals surface area (Å²) in [6.07, 6.45) is 1.36. The third-order valence-electron chi connectivity index (χ3n) is 3.27. The molecule has 21 heavy (non-hydrogen) atoms. The van der Waals surface area contributed by atoms with Crippen LogP contribution in [0.3, 0.4) is 0 Å². The Labute approximate surface area is 128 Å². The van der Waals surface area contributed by atoms with E-state index >= 15 is 0 Å². The van der Waals surface area contributed by atoms with Crippen molar-refractivity contribution in [3.8, 4) is 0 Å². The number of nitrogens with zero attached hydrogens (tertiary/aromatic N) is 2. The molecule has 1 aliphatic heterocycles. The maximum Gasteiger partial charge on any atom is 0.154 e. The molecule has 5 heteroatoms. The Balaban J connectivity index is 2.09. The van der Waals surface area contributed by atoms with Gasteiger partial charge < -0.3 is 16.4 Å². The topological polar surface area (TPSA) is 67.6 Å². The Morgan fingerprint density at radius 3 is 2.48 bits per heavy atom. The number of halogens is 1. The van der Waals surface area contributed by atoms with Crippen LogP contribution >= 0.6 is 11.6 Å². The zero-order valence-corrected chi connectivity index (χ0v) is 12.0. The lowest BCUT2D eigenvalue weighted by atomic mass is 10.1. The minimum atomic E-state index is -0.297. The van der Waals surface area contributed by atoms with E-state index in [0.717, 1.165) is 11.3 Å². The van der Waals surface area contributed by atoms with E-state index in [-0.39, 0.29) is 6.17 Å². The van der Waals surface area contributed by atoms with Gasteiger partial charge in [-0.3, -0.25) is 0 Å². The molecule has 0 aliphatic carbocycles. The molecule has 2 aromatic carbocycles. The smallest absolute Gasteiger partial charge is 0.154 e. The zero-order chi connectivity index (χ0) is 14.8. The number of aliphatic imine (C=N–C) groups is 1. The van der Waals surface area contributed by atoms with Gasteiger partial charge in [-0.1, -0.05) is 48.0 Å². The zero-order valence-electron chi connectivity index (χ0n) is 11.3. The van der Waals surface area contributed by atoms with Crippen molar-refractivity contribution in [2.75, 3.05) is 4.90 Å². The van der Waals surface area contributed by atoms with Crippen LogP contribution in [0.2, 0.25) is 5.02 Å². The molecule has 0 fully saturated rings. The molecule has 0 radical (unpaired) electrons. The molecule has 0 saturated carbocycles. The van der Waals surface area contributed by atoms with E-state index in [4.69, 9.17) is 23.1 Å². The van der Waals surface area contributed by atoms with Crippen molar-refractivity contribution >= 4 is 23.1 Å². The van der Waals surface area contributed by atoms with Crippen LogP contribution in [-0.2, 0) is 0 Å². The number of hydrogen-bond donors (Lipinski definition) is 2. The third-order valence-corrected chi connectivity index (χ3v) is 3.51. The van der Waals surface area contributed by atoms with Crippen LogP contribution in [0.4, 0.5) is 5.69 Å². The van der Waals surface area contributed by atoms with E-state index in [1.165, 1.54) is 0 Å². The number of hydrogen-bond acceptors (Lipinski definition) is 4. The summed E-state index contributed by atoms with van der Waals surface area (Å²) in [5.41, 5.74) is 13.9. The summed E-state index contributed by atoms with van der Waals surface area (Å²) in [5.74, 6) is 0.957. The van der Waals surface area contributed by atoms with Gasteiger partial charge >= 0.3 is 0 Å². The van der Waals surface area contributed by atoms with E-state index in [9.17, 15) is 0 Å². The Morgan fingerprint density at radius 1 is 1.00 bits per heavy atom.